The Morgan fingerprint density at radius 2 is 1.82 bits per heavy atom. The van der Waals surface area contributed by atoms with E-state index in [1.165, 1.54) is 29.3 Å². The summed E-state index contributed by atoms with van der Waals surface area (Å²) < 4.78 is 15.6. The van der Waals surface area contributed by atoms with E-state index < -0.39 is 5.60 Å². The van der Waals surface area contributed by atoms with Crippen LogP contribution in [0, 0.1) is 12.8 Å². The second-order valence-electron chi connectivity index (χ2n) is 13.7. The van der Waals surface area contributed by atoms with Gasteiger partial charge < -0.3 is 29.6 Å². The molecule has 4 aromatic rings. The minimum absolute atomic E-state index is 0.00542. The molecule has 0 radical (unpaired) electrons. The molecule has 2 amide bonds. The van der Waals surface area contributed by atoms with Crippen LogP contribution < -0.4 is 10.5 Å². The summed E-state index contributed by atoms with van der Waals surface area (Å²) in [6.07, 6.45) is 6.13. The van der Waals surface area contributed by atoms with Gasteiger partial charge in [-0.2, -0.15) is 5.10 Å². The Bertz CT molecular complexity index is 1790. The number of piperidine rings is 1. The number of aromatic nitrogens is 3. The van der Waals surface area contributed by atoms with E-state index in [2.05, 4.69) is 35.8 Å². The van der Waals surface area contributed by atoms with Gasteiger partial charge in [-0.1, -0.05) is 18.2 Å². The van der Waals surface area contributed by atoms with E-state index in [4.69, 9.17) is 20.3 Å². The number of ether oxygens (including phenoxy) is 2. The zero-order valence-electron chi connectivity index (χ0n) is 27.0. The quantitative estimate of drug-likeness (QED) is 0.312. The standard InChI is InChI=1S/C35H44N6O4/c1-21-30(37-41-19-24(15-29(44-4)31(21)41)33(42)38-13-7-9-26(36)20-38)28-14-23-8-6-10-27(32(23)40(28)16-22-11-12-22)25-17-39(18-25)34(43)35(2,3)45-5/h6,8,10,14-15,19,22,25-26H,7,9,11-13,16-18,20,36H2,1-5H3. The molecule has 2 saturated heterocycles. The van der Waals surface area contributed by atoms with Crippen molar-refractivity contribution in [2.75, 3.05) is 40.4 Å². The minimum Gasteiger partial charge on any atom is -0.494 e. The Hall–Kier alpha value is -3.89. The number of para-hydroxylation sites is 1. The van der Waals surface area contributed by atoms with Gasteiger partial charge in [0.2, 0.25) is 0 Å². The number of rotatable bonds is 8. The van der Waals surface area contributed by atoms with Gasteiger partial charge in [-0.25, -0.2) is 4.52 Å². The summed E-state index contributed by atoms with van der Waals surface area (Å²) in [5.74, 6) is 1.50. The number of carbonyl (C=O) groups is 2. The fourth-order valence-corrected chi connectivity index (χ4v) is 7.12. The number of nitrogens with two attached hydrogens (primary N) is 1. The maximum atomic E-state index is 13.5. The smallest absolute Gasteiger partial charge is 0.255 e. The first-order valence-electron chi connectivity index (χ1n) is 16.2. The average molecular weight is 613 g/mol. The van der Waals surface area contributed by atoms with E-state index in [0.29, 0.717) is 43.4 Å². The van der Waals surface area contributed by atoms with Crippen LogP contribution in [-0.2, 0) is 16.1 Å². The van der Waals surface area contributed by atoms with E-state index in [1.54, 1.807) is 14.2 Å². The van der Waals surface area contributed by atoms with Crippen LogP contribution in [0.15, 0.2) is 36.5 Å². The lowest BCUT2D eigenvalue weighted by Crippen LogP contribution is -2.55. The molecule has 7 rings (SSSR count). The first-order valence-corrected chi connectivity index (χ1v) is 16.2. The van der Waals surface area contributed by atoms with Crippen LogP contribution in [0.3, 0.4) is 0 Å². The first kappa shape index (κ1) is 29.8. The number of hydrogen-bond acceptors (Lipinski definition) is 6. The molecular weight excluding hydrogens is 568 g/mol. The Kier molecular flexibility index (Phi) is 7.40. The van der Waals surface area contributed by atoms with Gasteiger partial charge in [0.05, 0.1) is 23.9 Å². The Morgan fingerprint density at radius 3 is 2.51 bits per heavy atom. The molecule has 2 aliphatic heterocycles. The molecule has 238 valence electrons. The van der Waals surface area contributed by atoms with Crippen molar-refractivity contribution in [3.8, 4) is 17.1 Å². The Balaban J connectivity index is 1.29. The van der Waals surface area contributed by atoms with Crippen molar-refractivity contribution >= 4 is 28.2 Å². The number of carbonyl (C=O) groups excluding carboxylic acids is 2. The number of methoxy groups -OCH3 is 2. The van der Waals surface area contributed by atoms with Crippen LogP contribution in [0.2, 0.25) is 0 Å². The van der Waals surface area contributed by atoms with Crippen molar-refractivity contribution < 1.29 is 19.1 Å². The van der Waals surface area contributed by atoms with E-state index in [9.17, 15) is 9.59 Å². The van der Waals surface area contributed by atoms with Gasteiger partial charge in [-0.05, 0) is 70.1 Å². The molecule has 10 heteroatoms. The molecule has 1 aliphatic carbocycles. The van der Waals surface area contributed by atoms with E-state index in [0.717, 1.165) is 41.9 Å². The summed E-state index contributed by atoms with van der Waals surface area (Å²) in [4.78, 5) is 30.3. The van der Waals surface area contributed by atoms with Crippen LogP contribution >= 0.6 is 0 Å². The van der Waals surface area contributed by atoms with Crippen LogP contribution in [0.1, 0.15) is 66.9 Å². The normalized spacial score (nSPS) is 19.4. The molecule has 1 aromatic carbocycles. The largest absolute Gasteiger partial charge is 0.494 e. The molecular formula is C35H44N6O4. The van der Waals surface area contributed by atoms with Crippen LogP contribution in [0.4, 0.5) is 0 Å². The Morgan fingerprint density at radius 1 is 1.04 bits per heavy atom. The molecule has 3 aliphatic rings. The second kappa shape index (κ2) is 11.2. The fraction of sp³-hybridized carbons (Fsp3) is 0.514. The van der Waals surface area contributed by atoms with E-state index >= 15 is 0 Å². The summed E-state index contributed by atoms with van der Waals surface area (Å²) >= 11 is 0. The molecule has 5 heterocycles. The Labute approximate surface area is 264 Å². The van der Waals surface area contributed by atoms with Gasteiger partial charge in [0.15, 0.2) is 0 Å². The van der Waals surface area contributed by atoms with Crippen molar-refractivity contribution in [2.24, 2.45) is 11.7 Å². The molecule has 1 saturated carbocycles. The topological polar surface area (TPSA) is 107 Å². The molecule has 1 unspecified atom stereocenters. The highest BCUT2D eigenvalue weighted by molar-refractivity contribution is 5.96. The van der Waals surface area contributed by atoms with Crippen molar-refractivity contribution in [3.05, 3.63) is 53.2 Å². The third-order valence-electron chi connectivity index (χ3n) is 10.1. The molecule has 1 atom stereocenters. The zero-order chi connectivity index (χ0) is 31.6. The number of amides is 2. The third-order valence-corrected chi connectivity index (χ3v) is 10.1. The van der Waals surface area contributed by atoms with Crippen LogP contribution in [0.5, 0.6) is 5.75 Å². The molecule has 3 aromatic heterocycles. The fourth-order valence-electron chi connectivity index (χ4n) is 7.12. The van der Waals surface area contributed by atoms with Crippen molar-refractivity contribution in [2.45, 2.75) is 70.6 Å². The molecule has 2 N–H and O–H groups in total. The molecule has 10 nitrogen and oxygen atoms in total. The van der Waals surface area contributed by atoms with Crippen LogP contribution in [0.25, 0.3) is 27.8 Å². The highest BCUT2D eigenvalue weighted by Crippen LogP contribution is 2.42. The number of pyridine rings is 1. The monoisotopic (exact) mass is 612 g/mol. The average Bonchev–Trinajstić information content (AvgIpc) is 3.67. The maximum Gasteiger partial charge on any atom is 0.255 e. The van der Waals surface area contributed by atoms with E-state index in [-0.39, 0.29) is 23.8 Å². The molecule has 0 spiro atoms. The minimum atomic E-state index is -0.830. The van der Waals surface area contributed by atoms with Gasteiger partial charge >= 0.3 is 0 Å². The number of aryl methyl sites for hydroxylation is 1. The SMILES string of the molecule is COc1cc(C(=O)N2CCCC(N)C2)cn2nc(-c3cc4cccc(C5CN(C(=O)C(C)(C)OC)C5)c4n3CC3CC3)c(C)c12. The lowest BCUT2D eigenvalue weighted by molar-refractivity contribution is -0.155. The van der Waals surface area contributed by atoms with Gasteiger partial charge in [0, 0.05) is 68.9 Å². The first-order chi connectivity index (χ1) is 21.6. The lowest BCUT2D eigenvalue weighted by Gasteiger charge is -2.43. The highest BCUT2D eigenvalue weighted by atomic mass is 16.5. The van der Waals surface area contributed by atoms with Crippen LogP contribution in [-0.4, -0.2) is 87.8 Å². The van der Waals surface area contributed by atoms with Gasteiger partial charge in [-0.15, -0.1) is 0 Å². The number of benzene rings is 1. The molecule has 0 bridgehead atoms. The van der Waals surface area contributed by atoms with Gasteiger partial charge in [-0.3, -0.25) is 9.59 Å². The van der Waals surface area contributed by atoms with Crippen molar-refractivity contribution in [3.63, 3.8) is 0 Å². The number of likely N-dealkylation sites (tertiary alicyclic amines) is 2. The molecule has 3 fully saturated rings. The van der Waals surface area contributed by atoms with Crippen molar-refractivity contribution in [1.82, 2.24) is 24.0 Å². The summed E-state index contributed by atoms with van der Waals surface area (Å²) in [6.45, 7) is 9.27. The van der Waals surface area contributed by atoms with Crippen molar-refractivity contribution in [1.29, 1.82) is 0 Å². The maximum absolute atomic E-state index is 13.5. The zero-order valence-corrected chi connectivity index (χ0v) is 27.0. The summed E-state index contributed by atoms with van der Waals surface area (Å²) in [5, 5.41) is 6.28. The summed E-state index contributed by atoms with van der Waals surface area (Å²) in [5.41, 5.74) is 12.2. The summed E-state index contributed by atoms with van der Waals surface area (Å²) in [6, 6.07) is 10.6. The predicted octanol–water partition coefficient (Wildman–Crippen LogP) is 4.60. The summed E-state index contributed by atoms with van der Waals surface area (Å²) in [7, 11) is 3.23. The molecule has 45 heavy (non-hydrogen) atoms. The second-order valence-corrected chi connectivity index (χ2v) is 13.7. The van der Waals surface area contributed by atoms with Gasteiger partial charge in [0.25, 0.3) is 11.8 Å². The highest BCUT2D eigenvalue weighted by Gasteiger charge is 2.40. The van der Waals surface area contributed by atoms with E-state index in [1.807, 2.05) is 40.4 Å². The van der Waals surface area contributed by atoms with Gasteiger partial charge in [0.1, 0.15) is 22.6 Å². The number of fused-ring (bicyclic) bond motifs is 2. The lowest BCUT2D eigenvalue weighted by atomic mass is 9.88. The third kappa shape index (κ3) is 5.17. The number of nitrogens with zero attached hydrogens (tertiary/aromatic N) is 5. The predicted molar refractivity (Wildman–Crippen MR) is 174 cm³/mol. The number of hydrogen-bond donors (Lipinski definition) is 1.